The van der Waals surface area contributed by atoms with Gasteiger partial charge in [-0.15, -0.1) is 0 Å². The summed E-state index contributed by atoms with van der Waals surface area (Å²) >= 11 is 0. The van der Waals surface area contributed by atoms with E-state index >= 15 is 0 Å². The highest BCUT2D eigenvalue weighted by Crippen LogP contribution is 2.31. The zero-order valence-corrected chi connectivity index (χ0v) is 15.2. The maximum absolute atomic E-state index is 12.5. The largest absolute Gasteiger partial charge is 0.493 e. The summed E-state index contributed by atoms with van der Waals surface area (Å²) in [5.41, 5.74) is 3.15. The Hall–Kier alpha value is -3.02. The van der Waals surface area contributed by atoms with Crippen molar-refractivity contribution >= 4 is 17.5 Å². The van der Waals surface area contributed by atoms with Gasteiger partial charge in [-0.25, -0.2) is 0 Å². The van der Waals surface area contributed by atoms with Crippen LogP contribution in [0.15, 0.2) is 36.4 Å². The molecule has 1 heterocycles. The number of likely N-dealkylation sites (N-methyl/N-ethyl adjacent to an activating group) is 1. The highest BCUT2D eigenvalue weighted by Gasteiger charge is 2.26. The van der Waals surface area contributed by atoms with Crippen LogP contribution in [-0.4, -0.2) is 32.6 Å². The van der Waals surface area contributed by atoms with E-state index in [1.165, 1.54) is 0 Å². The number of hydrogen-bond acceptors (Lipinski definition) is 4. The highest BCUT2D eigenvalue weighted by molar-refractivity contribution is 6.03. The molecule has 0 radical (unpaired) electrons. The summed E-state index contributed by atoms with van der Waals surface area (Å²) in [5.74, 6) is 1.10. The van der Waals surface area contributed by atoms with Crippen LogP contribution in [0.5, 0.6) is 11.5 Å². The molecule has 0 aromatic heterocycles. The predicted octanol–water partition coefficient (Wildman–Crippen LogP) is 2.54. The number of nitrogens with zero attached hydrogens (tertiary/aromatic N) is 1. The van der Waals surface area contributed by atoms with E-state index < -0.39 is 0 Å². The minimum absolute atomic E-state index is 0.0705. The normalized spacial score (nSPS) is 12.7. The number of anilines is 1. The number of methoxy groups -OCH3 is 2. The number of hydrogen-bond donors (Lipinski definition) is 1. The van der Waals surface area contributed by atoms with Crippen LogP contribution in [0.4, 0.5) is 5.69 Å². The lowest BCUT2D eigenvalue weighted by Crippen LogP contribution is -2.26. The van der Waals surface area contributed by atoms with E-state index in [0.29, 0.717) is 36.6 Å². The van der Waals surface area contributed by atoms with E-state index in [1.54, 1.807) is 37.3 Å². The SMILES string of the molecule is CCN1C(=O)Cc2cc(C(=O)NCc3cccc(OC)c3OC)ccc21. The maximum Gasteiger partial charge on any atom is 0.251 e. The average molecular weight is 354 g/mol. The van der Waals surface area contributed by atoms with E-state index in [1.807, 2.05) is 25.1 Å². The van der Waals surface area contributed by atoms with Gasteiger partial charge in [0.15, 0.2) is 11.5 Å². The zero-order chi connectivity index (χ0) is 18.7. The van der Waals surface area contributed by atoms with Crippen molar-refractivity contribution in [2.75, 3.05) is 25.7 Å². The third-order valence-electron chi connectivity index (χ3n) is 4.52. The molecule has 2 aromatic rings. The second-order valence-corrected chi connectivity index (χ2v) is 5.99. The van der Waals surface area contributed by atoms with Crippen molar-refractivity contribution in [3.05, 3.63) is 53.1 Å². The number of nitrogens with one attached hydrogen (secondary N) is 1. The summed E-state index contributed by atoms with van der Waals surface area (Å²) in [5, 5.41) is 2.90. The molecule has 0 saturated heterocycles. The first-order valence-electron chi connectivity index (χ1n) is 8.50. The molecule has 26 heavy (non-hydrogen) atoms. The summed E-state index contributed by atoms with van der Waals surface area (Å²) in [6.45, 7) is 2.89. The van der Waals surface area contributed by atoms with Gasteiger partial charge in [0.05, 0.1) is 20.6 Å². The summed E-state index contributed by atoms with van der Waals surface area (Å²) in [4.78, 5) is 26.2. The molecular weight excluding hydrogens is 332 g/mol. The molecule has 3 rings (SSSR count). The third kappa shape index (κ3) is 3.22. The van der Waals surface area contributed by atoms with Crippen molar-refractivity contribution in [3.63, 3.8) is 0 Å². The number of benzene rings is 2. The van der Waals surface area contributed by atoms with Crippen molar-refractivity contribution in [2.24, 2.45) is 0 Å². The lowest BCUT2D eigenvalue weighted by Gasteiger charge is -2.15. The fourth-order valence-electron chi connectivity index (χ4n) is 3.24. The van der Waals surface area contributed by atoms with Crippen LogP contribution in [0.1, 0.15) is 28.4 Å². The van der Waals surface area contributed by atoms with Gasteiger partial charge in [-0.05, 0) is 36.8 Å². The molecule has 0 fully saturated rings. The lowest BCUT2D eigenvalue weighted by molar-refractivity contribution is -0.117. The fourth-order valence-corrected chi connectivity index (χ4v) is 3.24. The van der Waals surface area contributed by atoms with Crippen LogP contribution in [0.2, 0.25) is 0 Å². The van der Waals surface area contributed by atoms with E-state index in [9.17, 15) is 9.59 Å². The monoisotopic (exact) mass is 354 g/mol. The molecule has 6 heteroatoms. The molecule has 0 unspecified atom stereocenters. The molecule has 1 aliphatic rings. The Labute approximate surface area is 152 Å². The smallest absolute Gasteiger partial charge is 0.251 e. The van der Waals surface area contributed by atoms with Crippen molar-refractivity contribution in [2.45, 2.75) is 19.9 Å². The first-order valence-corrected chi connectivity index (χ1v) is 8.50. The summed E-state index contributed by atoms with van der Waals surface area (Å²) < 4.78 is 10.7. The Bertz CT molecular complexity index is 848. The highest BCUT2D eigenvalue weighted by atomic mass is 16.5. The summed E-state index contributed by atoms with van der Waals surface area (Å²) in [6, 6.07) is 10.9. The van der Waals surface area contributed by atoms with Gasteiger partial charge < -0.3 is 19.7 Å². The van der Waals surface area contributed by atoms with Gasteiger partial charge in [-0.3, -0.25) is 9.59 Å². The van der Waals surface area contributed by atoms with Gasteiger partial charge >= 0.3 is 0 Å². The van der Waals surface area contributed by atoms with Gasteiger partial charge in [-0.2, -0.15) is 0 Å². The molecule has 0 saturated carbocycles. The van der Waals surface area contributed by atoms with E-state index in [0.717, 1.165) is 16.8 Å². The summed E-state index contributed by atoms with van der Waals surface area (Å²) in [6.07, 6.45) is 0.341. The molecule has 6 nitrogen and oxygen atoms in total. The topological polar surface area (TPSA) is 67.9 Å². The quantitative estimate of drug-likeness (QED) is 0.866. The van der Waals surface area contributed by atoms with Crippen molar-refractivity contribution in [1.29, 1.82) is 0 Å². The maximum atomic E-state index is 12.5. The number of fused-ring (bicyclic) bond motifs is 1. The molecule has 2 amide bonds. The van der Waals surface area contributed by atoms with Crippen LogP contribution in [0.3, 0.4) is 0 Å². The molecule has 0 atom stereocenters. The Balaban J connectivity index is 1.74. The molecule has 1 N–H and O–H groups in total. The Morgan fingerprint density at radius 2 is 2.00 bits per heavy atom. The van der Waals surface area contributed by atoms with Gasteiger partial charge in [0.1, 0.15) is 0 Å². The number of amides is 2. The Morgan fingerprint density at radius 1 is 1.19 bits per heavy atom. The fraction of sp³-hybridized carbons (Fsp3) is 0.300. The second kappa shape index (κ2) is 7.47. The lowest BCUT2D eigenvalue weighted by atomic mass is 10.1. The third-order valence-corrected chi connectivity index (χ3v) is 4.52. The van der Waals surface area contributed by atoms with Crippen molar-refractivity contribution < 1.29 is 19.1 Å². The van der Waals surface area contributed by atoms with Crippen molar-refractivity contribution in [3.8, 4) is 11.5 Å². The molecule has 1 aliphatic heterocycles. The number of carbonyl (C=O) groups excluding carboxylic acids is 2. The molecule has 2 aromatic carbocycles. The van der Waals surface area contributed by atoms with Crippen LogP contribution < -0.4 is 19.7 Å². The molecule has 0 aliphatic carbocycles. The Kier molecular flexibility index (Phi) is 5.11. The first-order chi connectivity index (χ1) is 12.6. The average Bonchev–Trinajstić information content (AvgIpc) is 2.99. The molecular formula is C20H22N2O4. The van der Waals surface area contributed by atoms with Gasteiger partial charge in [0.2, 0.25) is 5.91 Å². The minimum atomic E-state index is -0.194. The molecule has 0 bridgehead atoms. The van der Waals surface area contributed by atoms with Crippen LogP contribution in [-0.2, 0) is 17.8 Å². The number of rotatable bonds is 6. The van der Waals surface area contributed by atoms with E-state index in [-0.39, 0.29) is 11.8 Å². The predicted molar refractivity (Wildman–Crippen MR) is 98.9 cm³/mol. The van der Waals surface area contributed by atoms with E-state index in [2.05, 4.69) is 5.32 Å². The second-order valence-electron chi connectivity index (χ2n) is 5.99. The minimum Gasteiger partial charge on any atom is -0.493 e. The number of ether oxygens (including phenoxy) is 2. The van der Waals surface area contributed by atoms with E-state index in [4.69, 9.17) is 9.47 Å². The number of para-hydroxylation sites is 1. The Morgan fingerprint density at radius 3 is 2.69 bits per heavy atom. The summed E-state index contributed by atoms with van der Waals surface area (Å²) in [7, 11) is 3.14. The van der Waals surface area contributed by atoms with Crippen LogP contribution in [0, 0.1) is 0 Å². The van der Waals surface area contributed by atoms with Crippen LogP contribution in [0.25, 0.3) is 0 Å². The van der Waals surface area contributed by atoms with Gasteiger partial charge in [0, 0.05) is 29.9 Å². The number of carbonyl (C=O) groups is 2. The van der Waals surface area contributed by atoms with Crippen LogP contribution >= 0.6 is 0 Å². The first kappa shape index (κ1) is 17.8. The van der Waals surface area contributed by atoms with Crippen molar-refractivity contribution in [1.82, 2.24) is 5.32 Å². The standard InChI is InChI=1S/C20H22N2O4/c1-4-22-16-9-8-13(10-15(16)11-18(22)23)20(24)21-12-14-6-5-7-17(25-2)19(14)26-3/h5-10H,4,11-12H2,1-3H3,(H,21,24). The van der Waals surface area contributed by atoms with Gasteiger partial charge in [-0.1, -0.05) is 12.1 Å². The molecule has 136 valence electrons. The van der Waals surface area contributed by atoms with Gasteiger partial charge in [0.25, 0.3) is 5.91 Å². The molecule has 0 spiro atoms. The zero-order valence-electron chi connectivity index (χ0n) is 15.2.